The zero-order valence-electron chi connectivity index (χ0n) is 16.9. The second kappa shape index (κ2) is 9.03. The maximum absolute atomic E-state index is 12.7. The van der Waals surface area contributed by atoms with E-state index in [0.717, 1.165) is 24.1 Å². The fraction of sp³-hybridized carbons (Fsp3) is 0.455. The van der Waals surface area contributed by atoms with Crippen LogP contribution < -0.4 is 5.32 Å². The molecule has 2 aromatic rings. The first-order valence-electron chi connectivity index (χ1n) is 9.88. The van der Waals surface area contributed by atoms with Crippen LogP contribution in [0.15, 0.2) is 30.3 Å². The summed E-state index contributed by atoms with van der Waals surface area (Å²) in [5, 5.41) is 3.29. The van der Waals surface area contributed by atoms with Crippen LogP contribution in [0.5, 0.6) is 0 Å². The van der Waals surface area contributed by atoms with Crippen LogP contribution in [0, 0.1) is 5.92 Å². The van der Waals surface area contributed by atoms with E-state index in [4.69, 9.17) is 9.47 Å². The van der Waals surface area contributed by atoms with E-state index in [1.54, 1.807) is 6.07 Å². The summed E-state index contributed by atoms with van der Waals surface area (Å²) in [5.41, 5.74) is 2.01. The molecule has 154 valence electrons. The molecule has 1 saturated carbocycles. The fourth-order valence-electron chi connectivity index (χ4n) is 3.17. The molecule has 1 aliphatic carbocycles. The molecule has 1 aliphatic rings. The number of carbonyl (C=O) groups excluding carboxylic acids is 3. The predicted octanol–water partition coefficient (Wildman–Crippen LogP) is 2.97. The highest BCUT2D eigenvalue weighted by Gasteiger charge is 2.29. The number of hydrogen-bond donors (Lipinski definition) is 1. The number of methoxy groups -OCH3 is 1. The number of nitrogens with one attached hydrogen (secondary N) is 1. The van der Waals surface area contributed by atoms with E-state index in [-0.39, 0.29) is 5.92 Å². The van der Waals surface area contributed by atoms with Crippen molar-refractivity contribution in [1.82, 2.24) is 10.3 Å². The van der Waals surface area contributed by atoms with Crippen LogP contribution in [0.4, 0.5) is 0 Å². The Balaban J connectivity index is 1.70. The first-order valence-corrected chi connectivity index (χ1v) is 9.88. The van der Waals surface area contributed by atoms with Crippen molar-refractivity contribution in [3.05, 3.63) is 41.6 Å². The monoisotopic (exact) mass is 398 g/mol. The average Bonchev–Trinajstić information content (AvgIpc) is 3.59. The number of ether oxygens (including phenoxy) is 2. The lowest BCUT2D eigenvalue weighted by atomic mass is 9.99. The van der Waals surface area contributed by atoms with Crippen LogP contribution in [0.3, 0.4) is 0 Å². The van der Waals surface area contributed by atoms with Gasteiger partial charge in [0.15, 0.2) is 6.61 Å². The molecule has 1 aromatic heterocycles. The maximum atomic E-state index is 12.7. The highest BCUT2D eigenvalue weighted by atomic mass is 16.5. The molecule has 1 N–H and O–H groups in total. The number of carbonyl (C=O) groups is 3. The zero-order valence-corrected chi connectivity index (χ0v) is 16.9. The van der Waals surface area contributed by atoms with Crippen LogP contribution in [0.1, 0.15) is 55.1 Å². The lowest BCUT2D eigenvalue weighted by molar-refractivity contribution is -0.147. The number of amides is 1. The minimum Gasteiger partial charge on any atom is -0.467 e. The van der Waals surface area contributed by atoms with Gasteiger partial charge in [0.1, 0.15) is 6.04 Å². The van der Waals surface area contributed by atoms with Gasteiger partial charge in [-0.15, -0.1) is 0 Å². The van der Waals surface area contributed by atoms with Gasteiger partial charge < -0.3 is 14.8 Å². The van der Waals surface area contributed by atoms with Crippen LogP contribution >= 0.6 is 0 Å². The molecule has 29 heavy (non-hydrogen) atoms. The van der Waals surface area contributed by atoms with Gasteiger partial charge in [0.25, 0.3) is 5.91 Å². The van der Waals surface area contributed by atoms with Crippen LogP contribution in [-0.4, -0.2) is 42.6 Å². The molecule has 0 saturated heterocycles. The second-order valence-corrected chi connectivity index (χ2v) is 7.42. The molecule has 0 aliphatic heterocycles. The van der Waals surface area contributed by atoms with Crippen molar-refractivity contribution in [3.63, 3.8) is 0 Å². The van der Waals surface area contributed by atoms with E-state index < -0.39 is 30.5 Å². The predicted molar refractivity (Wildman–Crippen MR) is 107 cm³/mol. The Kier molecular flexibility index (Phi) is 6.46. The Morgan fingerprint density at radius 3 is 2.62 bits per heavy atom. The molecule has 0 unspecified atom stereocenters. The molecular formula is C22H26N2O5. The molecule has 7 heteroatoms. The third-order valence-electron chi connectivity index (χ3n) is 5.27. The summed E-state index contributed by atoms with van der Waals surface area (Å²) >= 11 is 0. The van der Waals surface area contributed by atoms with Crippen molar-refractivity contribution in [1.29, 1.82) is 0 Å². The molecule has 3 rings (SSSR count). The van der Waals surface area contributed by atoms with Crippen molar-refractivity contribution in [2.75, 3.05) is 13.7 Å². The Morgan fingerprint density at radius 2 is 1.97 bits per heavy atom. The van der Waals surface area contributed by atoms with E-state index in [0.29, 0.717) is 23.3 Å². The molecule has 1 amide bonds. The first-order chi connectivity index (χ1) is 13.9. The number of fused-ring (bicyclic) bond motifs is 1. The highest BCUT2D eigenvalue weighted by Crippen LogP contribution is 2.40. The lowest BCUT2D eigenvalue weighted by Crippen LogP contribution is -2.47. The molecule has 1 aromatic carbocycles. The highest BCUT2D eigenvalue weighted by molar-refractivity contribution is 6.04. The summed E-state index contributed by atoms with van der Waals surface area (Å²) in [7, 11) is 1.27. The summed E-state index contributed by atoms with van der Waals surface area (Å²) in [4.78, 5) is 41.5. The largest absolute Gasteiger partial charge is 0.467 e. The molecule has 0 radical (unpaired) electrons. The van der Waals surface area contributed by atoms with E-state index in [1.165, 1.54) is 7.11 Å². The van der Waals surface area contributed by atoms with Gasteiger partial charge in [0.2, 0.25) is 0 Å². The van der Waals surface area contributed by atoms with Gasteiger partial charge in [-0.2, -0.15) is 0 Å². The summed E-state index contributed by atoms with van der Waals surface area (Å²) in [6.45, 7) is 3.29. The Hall–Kier alpha value is -2.96. The number of pyridine rings is 1. The summed E-state index contributed by atoms with van der Waals surface area (Å²) in [6.07, 6.45) is 2.81. The molecule has 0 spiro atoms. The number of benzene rings is 1. The summed E-state index contributed by atoms with van der Waals surface area (Å²) < 4.78 is 10.0. The third kappa shape index (κ3) is 4.91. The minimum atomic E-state index is -0.778. The van der Waals surface area contributed by atoms with Gasteiger partial charge in [-0.1, -0.05) is 38.5 Å². The van der Waals surface area contributed by atoms with Crippen LogP contribution in [-0.2, 0) is 19.1 Å². The lowest BCUT2D eigenvalue weighted by Gasteiger charge is -2.21. The van der Waals surface area contributed by atoms with Crippen molar-refractivity contribution in [3.8, 4) is 0 Å². The van der Waals surface area contributed by atoms with Crippen molar-refractivity contribution >= 4 is 28.7 Å². The standard InChI is InChI=1S/C22H26N2O5/c1-4-13(2)20(22(27)28-3)24-19(25)12-29-21(26)16-11-18(14-9-10-14)23-17-8-6-5-7-15(16)17/h5-8,11,13-14,20H,4,9-10,12H2,1-3H3,(H,24,25)/t13-,20+/m1/s1. The van der Waals surface area contributed by atoms with Crippen LogP contribution in [0.2, 0.25) is 0 Å². The number of hydrogen-bond acceptors (Lipinski definition) is 6. The summed E-state index contributed by atoms with van der Waals surface area (Å²) in [6, 6.07) is 8.35. The van der Waals surface area contributed by atoms with Gasteiger partial charge in [-0.05, 0) is 30.9 Å². The fourth-order valence-corrected chi connectivity index (χ4v) is 3.17. The first kappa shape index (κ1) is 20.8. The number of nitrogens with zero attached hydrogens (tertiary/aromatic N) is 1. The Labute approximate surface area is 169 Å². The molecule has 2 atom stereocenters. The Bertz CT molecular complexity index is 923. The Morgan fingerprint density at radius 1 is 1.24 bits per heavy atom. The maximum Gasteiger partial charge on any atom is 0.339 e. The number of para-hydroxylation sites is 1. The van der Waals surface area contributed by atoms with E-state index in [2.05, 4.69) is 10.3 Å². The second-order valence-electron chi connectivity index (χ2n) is 7.42. The van der Waals surface area contributed by atoms with Gasteiger partial charge in [-0.3, -0.25) is 9.78 Å². The molecule has 1 fully saturated rings. The molecule has 0 bridgehead atoms. The number of esters is 2. The van der Waals surface area contributed by atoms with Gasteiger partial charge in [-0.25, -0.2) is 9.59 Å². The molecule has 7 nitrogen and oxygen atoms in total. The van der Waals surface area contributed by atoms with E-state index in [9.17, 15) is 14.4 Å². The number of rotatable bonds is 8. The normalized spacial score (nSPS) is 15.4. The van der Waals surface area contributed by atoms with Crippen LogP contribution in [0.25, 0.3) is 10.9 Å². The SMILES string of the molecule is CC[C@@H](C)[C@H](NC(=O)COC(=O)c1cc(C2CC2)nc2ccccc12)C(=O)OC. The van der Waals surface area contributed by atoms with Gasteiger partial charge in [0.05, 0.1) is 18.2 Å². The topological polar surface area (TPSA) is 94.6 Å². The zero-order chi connectivity index (χ0) is 21.0. The molecular weight excluding hydrogens is 372 g/mol. The van der Waals surface area contributed by atoms with Crippen molar-refractivity contribution < 1.29 is 23.9 Å². The average molecular weight is 398 g/mol. The van der Waals surface area contributed by atoms with Crippen molar-refractivity contribution in [2.24, 2.45) is 5.92 Å². The third-order valence-corrected chi connectivity index (χ3v) is 5.27. The molecule has 1 heterocycles. The minimum absolute atomic E-state index is 0.104. The van der Waals surface area contributed by atoms with E-state index >= 15 is 0 Å². The van der Waals surface area contributed by atoms with Gasteiger partial charge in [0, 0.05) is 17.0 Å². The quantitative estimate of drug-likeness (QED) is 0.687. The van der Waals surface area contributed by atoms with E-state index in [1.807, 2.05) is 38.1 Å². The van der Waals surface area contributed by atoms with Gasteiger partial charge >= 0.3 is 11.9 Å². The smallest absolute Gasteiger partial charge is 0.339 e. The number of aromatic nitrogens is 1. The summed E-state index contributed by atoms with van der Waals surface area (Å²) in [5.74, 6) is -1.37. The van der Waals surface area contributed by atoms with Crippen molar-refractivity contribution in [2.45, 2.75) is 45.1 Å².